The van der Waals surface area contributed by atoms with Crippen molar-refractivity contribution < 1.29 is 24.2 Å². The summed E-state index contributed by atoms with van der Waals surface area (Å²) in [7, 11) is 0. The lowest BCUT2D eigenvalue weighted by atomic mass is 10.1. The Balaban J connectivity index is 2.58. The largest absolute Gasteiger partial charge is 0.508 e. The van der Waals surface area contributed by atoms with Crippen LogP contribution in [-0.2, 0) is 25.5 Å². The number of phenols is 1. The molecule has 1 atom stereocenters. The first-order valence-corrected chi connectivity index (χ1v) is 8.11. The average molecular weight is 337 g/mol. The first-order valence-electron chi connectivity index (χ1n) is 8.11. The minimum absolute atomic E-state index is 0.169. The first-order chi connectivity index (χ1) is 11.2. The number of benzene rings is 1. The zero-order valence-corrected chi connectivity index (χ0v) is 14.8. The maximum absolute atomic E-state index is 12.1. The molecule has 0 saturated carbocycles. The van der Waals surface area contributed by atoms with Crippen LogP contribution in [0.4, 0.5) is 0 Å². The Morgan fingerprint density at radius 3 is 2.38 bits per heavy atom. The third-order valence-electron chi connectivity index (χ3n) is 3.09. The third-order valence-corrected chi connectivity index (χ3v) is 3.09. The summed E-state index contributed by atoms with van der Waals surface area (Å²) in [4.78, 5) is 23.8. The van der Waals surface area contributed by atoms with Crippen LogP contribution < -0.4 is 5.32 Å². The molecule has 1 aromatic rings. The monoisotopic (exact) mass is 337 g/mol. The Kier molecular flexibility index (Phi) is 7.71. The molecule has 0 amide bonds. The van der Waals surface area contributed by atoms with Crippen LogP contribution in [0, 0.1) is 0 Å². The maximum atomic E-state index is 12.1. The number of hydrogen-bond acceptors (Lipinski definition) is 6. The summed E-state index contributed by atoms with van der Waals surface area (Å²) in [6.07, 6.45) is 0.580. The lowest BCUT2D eigenvalue weighted by Gasteiger charge is -2.20. The summed E-state index contributed by atoms with van der Waals surface area (Å²) in [5, 5.41) is 12.4. The van der Waals surface area contributed by atoms with Crippen LogP contribution in [0.3, 0.4) is 0 Å². The van der Waals surface area contributed by atoms with Crippen molar-refractivity contribution in [2.75, 3.05) is 13.2 Å². The highest BCUT2D eigenvalue weighted by atomic mass is 16.6. The molecule has 0 fully saturated rings. The van der Waals surface area contributed by atoms with Crippen molar-refractivity contribution >= 4 is 11.9 Å². The lowest BCUT2D eigenvalue weighted by Crippen LogP contribution is -2.41. The number of carbonyl (C=O) groups is 2. The molecule has 0 radical (unpaired) electrons. The van der Waals surface area contributed by atoms with Crippen molar-refractivity contribution in [3.63, 3.8) is 0 Å². The minimum atomic E-state index is -0.558. The number of hydrogen-bond donors (Lipinski definition) is 2. The van der Waals surface area contributed by atoms with Gasteiger partial charge in [-0.25, -0.2) is 0 Å². The molecular formula is C18H27NO5. The van der Waals surface area contributed by atoms with E-state index < -0.39 is 11.6 Å². The zero-order chi connectivity index (χ0) is 18.2. The highest BCUT2D eigenvalue weighted by Gasteiger charge is 2.21. The van der Waals surface area contributed by atoms with Gasteiger partial charge in [-0.1, -0.05) is 12.1 Å². The fourth-order valence-corrected chi connectivity index (χ4v) is 2.09. The van der Waals surface area contributed by atoms with E-state index in [0.717, 1.165) is 5.56 Å². The summed E-state index contributed by atoms with van der Waals surface area (Å²) in [5.41, 5.74) is 0.361. The third kappa shape index (κ3) is 7.97. The number of ether oxygens (including phenoxy) is 2. The summed E-state index contributed by atoms with van der Waals surface area (Å²) in [6, 6.07) is 6.07. The molecule has 24 heavy (non-hydrogen) atoms. The Bertz CT molecular complexity index is 533. The molecule has 6 nitrogen and oxygen atoms in total. The molecule has 1 unspecified atom stereocenters. The molecular weight excluding hydrogens is 310 g/mol. The van der Waals surface area contributed by atoms with Gasteiger partial charge in [0.1, 0.15) is 17.4 Å². The summed E-state index contributed by atoms with van der Waals surface area (Å²) >= 11 is 0. The van der Waals surface area contributed by atoms with Crippen LogP contribution >= 0.6 is 0 Å². The highest BCUT2D eigenvalue weighted by molar-refractivity contribution is 5.76. The van der Waals surface area contributed by atoms with E-state index in [0.29, 0.717) is 19.6 Å². The van der Waals surface area contributed by atoms with Crippen molar-refractivity contribution in [1.29, 1.82) is 0 Å². The average Bonchev–Trinajstić information content (AvgIpc) is 2.46. The second-order valence-corrected chi connectivity index (χ2v) is 6.47. The van der Waals surface area contributed by atoms with Crippen LogP contribution in [0.2, 0.25) is 0 Å². The van der Waals surface area contributed by atoms with Gasteiger partial charge in [-0.15, -0.1) is 0 Å². The Morgan fingerprint density at radius 2 is 1.83 bits per heavy atom. The molecule has 1 aromatic carbocycles. The van der Waals surface area contributed by atoms with Crippen LogP contribution in [0.25, 0.3) is 0 Å². The lowest BCUT2D eigenvalue weighted by molar-refractivity contribution is -0.155. The van der Waals surface area contributed by atoms with Gasteiger partial charge in [0.15, 0.2) is 0 Å². The minimum Gasteiger partial charge on any atom is -0.508 e. The molecule has 134 valence electrons. The second kappa shape index (κ2) is 9.27. The van der Waals surface area contributed by atoms with Gasteiger partial charge < -0.3 is 19.9 Å². The van der Waals surface area contributed by atoms with E-state index in [1.54, 1.807) is 31.2 Å². The summed E-state index contributed by atoms with van der Waals surface area (Å²) in [5.74, 6) is -0.513. The van der Waals surface area contributed by atoms with Crippen molar-refractivity contribution in [3.8, 4) is 5.75 Å². The molecule has 1 rings (SSSR count). The number of phenolic OH excluding ortho intramolecular Hbond substituents is 1. The van der Waals surface area contributed by atoms with E-state index in [9.17, 15) is 14.7 Å². The van der Waals surface area contributed by atoms with E-state index in [1.807, 2.05) is 20.8 Å². The van der Waals surface area contributed by atoms with Gasteiger partial charge in [0.05, 0.1) is 13.0 Å². The first kappa shape index (κ1) is 20.0. The Morgan fingerprint density at radius 1 is 1.21 bits per heavy atom. The van der Waals surface area contributed by atoms with E-state index in [1.165, 1.54) is 0 Å². The highest BCUT2D eigenvalue weighted by Crippen LogP contribution is 2.12. The van der Waals surface area contributed by atoms with Gasteiger partial charge in [0, 0.05) is 6.54 Å². The van der Waals surface area contributed by atoms with Crippen molar-refractivity contribution in [3.05, 3.63) is 29.8 Å². The fourth-order valence-electron chi connectivity index (χ4n) is 2.09. The van der Waals surface area contributed by atoms with Crippen molar-refractivity contribution in [2.45, 2.75) is 52.2 Å². The Labute approximate surface area is 143 Å². The normalized spacial score (nSPS) is 12.5. The molecule has 0 aromatic heterocycles. The van der Waals surface area contributed by atoms with Crippen molar-refractivity contribution in [1.82, 2.24) is 5.32 Å². The van der Waals surface area contributed by atoms with E-state index in [4.69, 9.17) is 9.47 Å². The van der Waals surface area contributed by atoms with Gasteiger partial charge in [-0.3, -0.25) is 9.59 Å². The molecule has 0 aliphatic rings. The van der Waals surface area contributed by atoms with Crippen molar-refractivity contribution in [2.24, 2.45) is 0 Å². The van der Waals surface area contributed by atoms with Crippen LogP contribution in [-0.4, -0.2) is 41.8 Å². The predicted molar refractivity (Wildman–Crippen MR) is 90.7 cm³/mol. The van der Waals surface area contributed by atoms with Gasteiger partial charge in [0.2, 0.25) is 0 Å². The number of rotatable bonds is 8. The molecule has 0 aliphatic carbocycles. The van der Waals surface area contributed by atoms with Gasteiger partial charge in [0.25, 0.3) is 0 Å². The second-order valence-electron chi connectivity index (χ2n) is 6.47. The molecule has 6 heteroatoms. The van der Waals surface area contributed by atoms with E-state index in [2.05, 4.69) is 5.32 Å². The van der Waals surface area contributed by atoms with E-state index >= 15 is 0 Å². The maximum Gasteiger partial charge on any atom is 0.323 e. The van der Waals surface area contributed by atoms with Gasteiger partial charge >= 0.3 is 11.9 Å². The predicted octanol–water partition coefficient (Wildman–Crippen LogP) is 2.19. The molecule has 2 N–H and O–H groups in total. The van der Waals surface area contributed by atoms with Gasteiger partial charge in [-0.05, 0) is 51.8 Å². The summed E-state index contributed by atoms with van der Waals surface area (Å²) in [6.45, 7) is 7.78. The molecule has 0 aliphatic heterocycles. The Hall–Kier alpha value is -2.08. The summed E-state index contributed by atoms with van der Waals surface area (Å²) < 4.78 is 10.3. The number of carbonyl (C=O) groups excluding carboxylic acids is 2. The van der Waals surface area contributed by atoms with E-state index in [-0.39, 0.29) is 24.1 Å². The molecule has 0 saturated heterocycles. The SMILES string of the molecule is CCOC(=O)C(Cc1ccc(O)cc1)NCCC(=O)OC(C)(C)C. The fraction of sp³-hybridized carbons (Fsp3) is 0.556. The topological polar surface area (TPSA) is 84.9 Å². The van der Waals surface area contributed by atoms with Crippen LogP contribution in [0.5, 0.6) is 5.75 Å². The number of nitrogens with one attached hydrogen (secondary N) is 1. The number of esters is 2. The van der Waals surface area contributed by atoms with Crippen LogP contribution in [0.15, 0.2) is 24.3 Å². The molecule has 0 bridgehead atoms. The number of aromatic hydroxyl groups is 1. The zero-order valence-electron chi connectivity index (χ0n) is 14.8. The quantitative estimate of drug-likeness (QED) is 0.707. The smallest absolute Gasteiger partial charge is 0.323 e. The molecule has 0 heterocycles. The van der Waals surface area contributed by atoms with Gasteiger partial charge in [-0.2, -0.15) is 0 Å². The van der Waals surface area contributed by atoms with Crippen LogP contribution in [0.1, 0.15) is 39.7 Å². The molecule has 0 spiro atoms. The standard InChI is InChI=1S/C18H27NO5/c1-5-23-17(22)15(12-13-6-8-14(20)9-7-13)19-11-10-16(21)24-18(2,3)4/h6-9,15,19-20H,5,10-12H2,1-4H3.